The highest BCUT2D eigenvalue weighted by molar-refractivity contribution is 5.94. The first-order valence-electron chi connectivity index (χ1n) is 8.31. The molecule has 0 unspecified atom stereocenters. The molecule has 3 rings (SSSR count). The predicted octanol–water partition coefficient (Wildman–Crippen LogP) is 2.12. The average Bonchev–Trinajstić information content (AvgIpc) is 2.76. The fourth-order valence-electron chi connectivity index (χ4n) is 3.59. The number of ether oxygens (including phenoxy) is 1. The first kappa shape index (κ1) is 15.5. The number of benzene rings is 1. The number of likely N-dealkylation sites (tertiary alicyclic amines) is 1. The van der Waals surface area contributed by atoms with Gasteiger partial charge in [-0.15, -0.1) is 0 Å². The Morgan fingerprint density at radius 2 is 2.00 bits per heavy atom. The summed E-state index contributed by atoms with van der Waals surface area (Å²) in [5.41, 5.74) is 0.776. The molecule has 4 nitrogen and oxygen atoms in total. The van der Waals surface area contributed by atoms with Crippen molar-refractivity contribution >= 4 is 5.91 Å². The first-order chi connectivity index (χ1) is 10.6. The molecule has 2 saturated heterocycles. The third-order valence-electron chi connectivity index (χ3n) is 4.54. The topological polar surface area (TPSA) is 32.8 Å². The Morgan fingerprint density at radius 1 is 1.23 bits per heavy atom. The number of hydrogen-bond acceptors (Lipinski definition) is 3. The van der Waals surface area contributed by atoms with E-state index in [4.69, 9.17) is 4.74 Å². The fourth-order valence-corrected chi connectivity index (χ4v) is 3.59. The molecule has 1 aromatic rings. The van der Waals surface area contributed by atoms with Gasteiger partial charge in [0.25, 0.3) is 5.91 Å². The van der Waals surface area contributed by atoms with Crippen LogP contribution >= 0.6 is 0 Å². The van der Waals surface area contributed by atoms with Crippen LogP contribution in [0, 0.1) is 11.8 Å². The number of carbonyl (C=O) groups is 1. The summed E-state index contributed by atoms with van der Waals surface area (Å²) in [6, 6.07) is 9.57. The number of amides is 1. The van der Waals surface area contributed by atoms with Crippen molar-refractivity contribution < 1.29 is 9.53 Å². The van der Waals surface area contributed by atoms with E-state index in [1.165, 1.54) is 0 Å². The van der Waals surface area contributed by atoms with Crippen molar-refractivity contribution in [1.29, 1.82) is 0 Å². The van der Waals surface area contributed by atoms with Gasteiger partial charge in [-0.05, 0) is 18.1 Å². The van der Waals surface area contributed by atoms with Gasteiger partial charge in [0.05, 0.1) is 12.7 Å². The van der Waals surface area contributed by atoms with Gasteiger partial charge in [-0.2, -0.15) is 0 Å². The van der Waals surface area contributed by atoms with Crippen LogP contribution < -0.4 is 0 Å². The highest BCUT2D eigenvalue weighted by Gasteiger charge is 2.37. The van der Waals surface area contributed by atoms with Crippen LogP contribution in [0.1, 0.15) is 24.2 Å². The van der Waals surface area contributed by atoms with E-state index in [9.17, 15) is 4.79 Å². The number of rotatable bonds is 3. The molecule has 0 spiro atoms. The lowest BCUT2D eigenvalue weighted by Gasteiger charge is -2.24. The molecule has 2 fully saturated rings. The lowest BCUT2D eigenvalue weighted by molar-refractivity contribution is 0.0499. The molecule has 2 atom stereocenters. The molecular weight excluding hydrogens is 276 g/mol. The molecule has 0 N–H and O–H groups in total. The monoisotopic (exact) mass is 302 g/mol. The highest BCUT2D eigenvalue weighted by Crippen LogP contribution is 2.25. The maximum Gasteiger partial charge on any atom is 0.253 e. The van der Waals surface area contributed by atoms with Crippen molar-refractivity contribution in [3.05, 3.63) is 35.9 Å². The summed E-state index contributed by atoms with van der Waals surface area (Å²) >= 11 is 0. The molecule has 0 saturated carbocycles. The number of nitrogens with zero attached hydrogens (tertiary/aromatic N) is 2. The quantitative estimate of drug-likeness (QED) is 0.857. The molecule has 22 heavy (non-hydrogen) atoms. The molecule has 2 aliphatic heterocycles. The zero-order chi connectivity index (χ0) is 15.5. The van der Waals surface area contributed by atoms with Crippen LogP contribution in [-0.4, -0.2) is 61.1 Å². The van der Waals surface area contributed by atoms with Crippen molar-refractivity contribution in [2.24, 2.45) is 11.8 Å². The number of fused-ring (bicyclic) bond motifs is 1. The Morgan fingerprint density at radius 3 is 2.73 bits per heavy atom. The maximum atomic E-state index is 12.7. The first-order valence-corrected chi connectivity index (χ1v) is 8.31. The van der Waals surface area contributed by atoms with E-state index < -0.39 is 0 Å². The largest absolute Gasteiger partial charge is 0.375 e. The summed E-state index contributed by atoms with van der Waals surface area (Å²) in [6.45, 7) is 9.83. The Balaban J connectivity index is 1.65. The van der Waals surface area contributed by atoms with E-state index in [0.717, 1.165) is 31.7 Å². The van der Waals surface area contributed by atoms with Crippen molar-refractivity contribution in [3.63, 3.8) is 0 Å². The molecule has 2 heterocycles. The molecular formula is C18H26N2O2. The number of hydrogen-bond donors (Lipinski definition) is 0. The van der Waals surface area contributed by atoms with Gasteiger partial charge in [0, 0.05) is 44.2 Å². The van der Waals surface area contributed by atoms with Gasteiger partial charge in [0.1, 0.15) is 0 Å². The molecule has 120 valence electrons. The molecule has 0 bridgehead atoms. The average molecular weight is 302 g/mol. The van der Waals surface area contributed by atoms with Crippen LogP contribution in [-0.2, 0) is 4.74 Å². The van der Waals surface area contributed by atoms with E-state index >= 15 is 0 Å². The molecule has 4 heteroatoms. The van der Waals surface area contributed by atoms with Crippen molar-refractivity contribution in [1.82, 2.24) is 9.80 Å². The van der Waals surface area contributed by atoms with Crippen LogP contribution in [0.3, 0.4) is 0 Å². The number of carbonyl (C=O) groups excluding carboxylic acids is 1. The van der Waals surface area contributed by atoms with Crippen molar-refractivity contribution in [2.45, 2.75) is 20.0 Å². The fraction of sp³-hybridized carbons (Fsp3) is 0.611. The Kier molecular flexibility index (Phi) is 4.79. The summed E-state index contributed by atoms with van der Waals surface area (Å²) in [5, 5.41) is 0. The normalized spacial score (nSPS) is 26.0. The molecule has 0 aromatic heterocycles. The summed E-state index contributed by atoms with van der Waals surface area (Å²) in [5.74, 6) is 1.24. The third kappa shape index (κ3) is 3.50. The second-order valence-electron chi connectivity index (χ2n) is 6.90. The van der Waals surface area contributed by atoms with E-state index in [0.29, 0.717) is 25.0 Å². The van der Waals surface area contributed by atoms with Crippen LogP contribution in [0.2, 0.25) is 0 Å². The van der Waals surface area contributed by atoms with Crippen LogP contribution in [0.4, 0.5) is 0 Å². The minimum atomic E-state index is 0.132. The van der Waals surface area contributed by atoms with E-state index in [1.807, 2.05) is 35.2 Å². The molecule has 0 radical (unpaired) electrons. The Labute approximate surface area is 133 Å². The van der Waals surface area contributed by atoms with Crippen molar-refractivity contribution in [3.8, 4) is 0 Å². The summed E-state index contributed by atoms with van der Waals surface area (Å²) in [7, 11) is 0. The molecule has 1 amide bonds. The van der Waals surface area contributed by atoms with Gasteiger partial charge < -0.3 is 14.5 Å². The van der Waals surface area contributed by atoms with Gasteiger partial charge >= 0.3 is 0 Å². The zero-order valence-corrected chi connectivity index (χ0v) is 13.6. The van der Waals surface area contributed by atoms with E-state index in [-0.39, 0.29) is 12.0 Å². The SMILES string of the molecule is CC(C)CN1C[C@H]2CN(C(=O)c3ccccc3)CCO[C@H]2C1. The van der Waals surface area contributed by atoms with Gasteiger partial charge in [0.2, 0.25) is 0 Å². The second-order valence-corrected chi connectivity index (χ2v) is 6.90. The van der Waals surface area contributed by atoms with Crippen molar-refractivity contribution in [2.75, 3.05) is 39.3 Å². The van der Waals surface area contributed by atoms with Gasteiger partial charge in [-0.3, -0.25) is 4.79 Å². The smallest absolute Gasteiger partial charge is 0.253 e. The minimum absolute atomic E-state index is 0.132. The Hall–Kier alpha value is -1.39. The molecule has 1 aromatic carbocycles. The standard InChI is InChI=1S/C18H26N2O2/c1-14(2)10-19-11-16-12-20(8-9-22-17(16)13-19)18(21)15-6-4-3-5-7-15/h3-7,14,16-17H,8-13H2,1-2H3/t16-,17-/m0/s1. The molecule has 2 aliphatic rings. The lowest BCUT2D eigenvalue weighted by Crippen LogP contribution is -2.37. The second kappa shape index (κ2) is 6.80. The van der Waals surface area contributed by atoms with Gasteiger partial charge in [-0.25, -0.2) is 0 Å². The van der Waals surface area contributed by atoms with Gasteiger partial charge in [0.15, 0.2) is 0 Å². The van der Waals surface area contributed by atoms with E-state index in [2.05, 4.69) is 18.7 Å². The summed E-state index contributed by atoms with van der Waals surface area (Å²) < 4.78 is 6.02. The van der Waals surface area contributed by atoms with Crippen LogP contribution in [0.15, 0.2) is 30.3 Å². The summed E-state index contributed by atoms with van der Waals surface area (Å²) in [4.78, 5) is 17.1. The van der Waals surface area contributed by atoms with Crippen LogP contribution in [0.5, 0.6) is 0 Å². The van der Waals surface area contributed by atoms with E-state index in [1.54, 1.807) is 0 Å². The highest BCUT2D eigenvalue weighted by atomic mass is 16.5. The van der Waals surface area contributed by atoms with Crippen LogP contribution in [0.25, 0.3) is 0 Å². The zero-order valence-electron chi connectivity index (χ0n) is 13.6. The lowest BCUT2D eigenvalue weighted by atomic mass is 10.1. The Bertz CT molecular complexity index is 503. The predicted molar refractivity (Wildman–Crippen MR) is 86.9 cm³/mol. The third-order valence-corrected chi connectivity index (χ3v) is 4.54. The van der Waals surface area contributed by atoms with Gasteiger partial charge in [-0.1, -0.05) is 32.0 Å². The summed E-state index contributed by atoms with van der Waals surface area (Å²) in [6.07, 6.45) is 0.285. The maximum absolute atomic E-state index is 12.7. The molecule has 0 aliphatic carbocycles. The minimum Gasteiger partial charge on any atom is -0.375 e.